The summed E-state index contributed by atoms with van der Waals surface area (Å²) < 4.78 is 22.7. The Morgan fingerprint density at radius 2 is 2.10 bits per heavy atom. The van der Waals surface area contributed by atoms with Crippen LogP contribution in [-0.4, -0.2) is 59.4 Å². The normalized spacial score (nSPS) is 30.8. The molecule has 2 amide bonds. The molecule has 0 spiro atoms. The van der Waals surface area contributed by atoms with E-state index in [1.807, 2.05) is 13.8 Å². The molecule has 2 aliphatic rings. The first-order valence-electron chi connectivity index (χ1n) is 6.55. The number of rotatable bonds is 3. The molecule has 0 radical (unpaired) electrons. The van der Waals surface area contributed by atoms with Gasteiger partial charge in [0, 0.05) is 11.2 Å². The van der Waals surface area contributed by atoms with Crippen LogP contribution >= 0.6 is 11.8 Å². The predicted octanol–water partition coefficient (Wildman–Crippen LogP) is 0.491. The van der Waals surface area contributed by atoms with Crippen molar-refractivity contribution in [1.82, 2.24) is 10.2 Å². The van der Waals surface area contributed by atoms with Gasteiger partial charge in [-0.25, -0.2) is 18.0 Å². The Morgan fingerprint density at radius 1 is 1.43 bits per heavy atom. The van der Waals surface area contributed by atoms with Crippen molar-refractivity contribution in [3.63, 3.8) is 0 Å². The van der Waals surface area contributed by atoms with E-state index in [-0.39, 0.29) is 17.0 Å². The molecule has 9 heteroatoms. The summed E-state index contributed by atoms with van der Waals surface area (Å²) in [5, 5.41) is 12.7. The quantitative estimate of drug-likeness (QED) is 0.778. The van der Waals surface area contributed by atoms with Crippen molar-refractivity contribution in [2.75, 3.05) is 11.5 Å². The summed E-state index contributed by atoms with van der Waals surface area (Å²) in [6.07, 6.45) is 1.41. The van der Waals surface area contributed by atoms with E-state index in [9.17, 15) is 23.1 Å². The van der Waals surface area contributed by atoms with E-state index in [0.717, 1.165) is 5.41 Å². The SMILES string of the molecule is CC(C)C1SCC(C(=O)O)N1C(=O)NC1C=CS(=O)(=O)C1. The van der Waals surface area contributed by atoms with Crippen LogP contribution in [0.1, 0.15) is 13.8 Å². The fourth-order valence-electron chi connectivity index (χ4n) is 2.39. The Labute approximate surface area is 127 Å². The van der Waals surface area contributed by atoms with Gasteiger partial charge in [0.2, 0.25) is 0 Å². The minimum absolute atomic E-state index is 0.105. The smallest absolute Gasteiger partial charge is 0.327 e. The maximum atomic E-state index is 12.4. The van der Waals surface area contributed by atoms with Gasteiger partial charge in [-0.3, -0.25) is 4.90 Å². The minimum atomic E-state index is -3.26. The molecule has 2 aliphatic heterocycles. The second-order valence-electron chi connectivity index (χ2n) is 5.44. The van der Waals surface area contributed by atoms with E-state index in [1.165, 1.54) is 22.7 Å². The van der Waals surface area contributed by atoms with E-state index in [4.69, 9.17) is 0 Å². The van der Waals surface area contributed by atoms with Crippen molar-refractivity contribution in [3.05, 3.63) is 11.5 Å². The third-order valence-electron chi connectivity index (χ3n) is 3.36. The Balaban J connectivity index is 2.11. The van der Waals surface area contributed by atoms with Crippen LogP contribution in [0.25, 0.3) is 0 Å². The van der Waals surface area contributed by atoms with Gasteiger partial charge in [-0.05, 0) is 12.0 Å². The number of nitrogens with zero attached hydrogens (tertiary/aromatic N) is 1. The maximum absolute atomic E-state index is 12.4. The number of carboxylic acid groups (broad SMARTS) is 1. The summed E-state index contributed by atoms with van der Waals surface area (Å²) in [6, 6.07) is -2.02. The van der Waals surface area contributed by atoms with Gasteiger partial charge in [0.15, 0.2) is 9.84 Å². The highest BCUT2D eigenvalue weighted by atomic mass is 32.2. The first kappa shape index (κ1) is 16.2. The van der Waals surface area contributed by atoms with E-state index in [2.05, 4.69) is 5.32 Å². The molecule has 0 bridgehead atoms. The van der Waals surface area contributed by atoms with E-state index in [1.54, 1.807) is 0 Å². The van der Waals surface area contributed by atoms with Crippen LogP contribution in [0.5, 0.6) is 0 Å². The van der Waals surface area contributed by atoms with Gasteiger partial charge in [-0.2, -0.15) is 0 Å². The lowest BCUT2D eigenvalue weighted by Crippen LogP contribution is -2.53. The van der Waals surface area contributed by atoms with Gasteiger partial charge in [-0.1, -0.05) is 13.8 Å². The summed E-state index contributed by atoms with van der Waals surface area (Å²) in [6.45, 7) is 3.84. The topological polar surface area (TPSA) is 104 Å². The lowest BCUT2D eigenvalue weighted by atomic mass is 10.1. The number of carboxylic acids is 1. The average Bonchev–Trinajstić information content (AvgIpc) is 2.92. The zero-order valence-electron chi connectivity index (χ0n) is 11.7. The zero-order chi connectivity index (χ0) is 15.8. The summed E-state index contributed by atoms with van der Waals surface area (Å²) >= 11 is 1.43. The van der Waals surface area contributed by atoms with Crippen molar-refractivity contribution < 1.29 is 23.1 Å². The molecule has 0 aromatic carbocycles. The number of sulfone groups is 1. The molecule has 3 unspecified atom stereocenters. The lowest BCUT2D eigenvalue weighted by molar-refractivity contribution is -0.141. The van der Waals surface area contributed by atoms with E-state index < -0.39 is 33.9 Å². The lowest BCUT2D eigenvalue weighted by Gasteiger charge is -2.30. The number of amides is 2. The second-order valence-corrected chi connectivity index (χ2v) is 8.52. The van der Waals surface area contributed by atoms with Crippen molar-refractivity contribution in [2.24, 2.45) is 5.92 Å². The first-order chi connectivity index (χ1) is 9.71. The monoisotopic (exact) mass is 334 g/mol. The molecule has 7 nitrogen and oxygen atoms in total. The molecule has 0 saturated carbocycles. The minimum Gasteiger partial charge on any atom is -0.480 e. The molecule has 0 aromatic rings. The number of nitrogens with one attached hydrogen (secondary N) is 1. The van der Waals surface area contributed by atoms with Crippen LogP contribution in [0, 0.1) is 5.92 Å². The third kappa shape index (κ3) is 3.52. The summed E-state index contributed by atoms with van der Waals surface area (Å²) in [4.78, 5) is 24.9. The molecule has 21 heavy (non-hydrogen) atoms. The summed E-state index contributed by atoms with van der Waals surface area (Å²) in [7, 11) is -3.26. The Bertz CT molecular complexity index is 572. The molecule has 2 rings (SSSR count). The van der Waals surface area contributed by atoms with Crippen LogP contribution in [0.3, 0.4) is 0 Å². The van der Waals surface area contributed by atoms with Crippen LogP contribution in [0.15, 0.2) is 11.5 Å². The fraction of sp³-hybridized carbons (Fsp3) is 0.667. The molecule has 2 heterocycles. The van der Waals surface area contributed by atoms with Gasteiger partial charge < -0.3 is 10.4 Å². The van der Waals surface area contributed by atoms with Gasteiger partial charge >= 0.3 is 12.0 Å². The first-order valence-corrected chi connectivity index (χ1v) is 9.32. The molecule has 1 fully saturated rings. The highest BCUT2D eigenvalue weighted by Crippen LogP contribution is 2.34. The molecule has 1 saturated heterocycles. The van der Waals surface area contributed by atoms with E-state index >= 15 is 0 Å². The number of urea groups is 1. The van der Waals surface area contributed by atoms with E-state index in [0.29, 0.717) is 5.75 Å². The number of hydrogen-bond donors (Lipinski definition) is 2. The number of hydrogen-bond acceptors (Lipinski definition) is 5. The fourth-order valence-corrected chi connectivity index (χ4v) is 5.09. The Hall–Kier alpha value is -1.22. The van der Waals surface area contributed by atoms with Gasteiger partial charge in [-0.15, -0.1) is 11.8 Å². The van der Waals surface area contributed by atoms with Crippen molar-refractivity contribution in [3.8, 4) is 0 Å². The number of thioether (sulfide) groups is 1. The molecular weight excluding hydrogens is 316 g/mol. The molecular formula is C12H18N2O5S2. The molecule has 3 atom stereocenters. The third-order valence-corrected chi connectivity index (χ3v) is 6.38. The van der Waals surface area contributed by atoms with Gasteiger partial charge in [0.25, 0.3) is 0 Å². The van der Waals surface area contributed by atoms with Crippen LogP contribution < -0.4 is 5.32 Å². The largest absolute Gasteiger partial charge is 0.480 e. The van der Waals surface area contributed by atoms with Crippen molar-refractivity contribution >= 4 is 33.6 Å². The second kappa shape index (κ2) is 5.88. The predicted molar refractivity (Wildman–Crippen MR) is 79.6 cm³/mol. The van der Waals surface area contributed by atoms with Crippen LogP contribution in [0.4, 0.5) is 4.79 Å². The molecule has 0 aliphatic carbocycles. The van der Waals surface area contributed by atoms with Crippen molar-refractivity contribution in [1.29, 1.82) is 0 Å². The zero-order valence-corrected chi connectivity index (χ0v) is 13.4. The molecule has 118 valence electrons. The molecule has 2 N–H and O–H groups in total. The Morgan fingerprint density at radius 3 is 2.57 bits per heavy atom. The summed E-state index contributed by atoms with van der Waals surface area (Å²) in [5.74, 6) is -0.780. The van der Waals surface area contributed by atoms with Gasteiger partial charge in [0.05, 0.1) is 17.2 Å². The highest BCUT2D eigenvalue weighted by Gasteiger charge is 2.43. The standard InChI is InChI=1S/C12H18N2O5S2/c1-7(2)10-14(9(5-20-10)11(15)16)12(17)13-8-3-4-21(18,19)6-8/h3-4,7-10H,5-6H2,1-2H3,(H,13,17)(H,15,16). The average molecular weight is 334 g/mol. The summed E-state index contributed by atoms with van der Waals surface area (Å²) in [5.41, 5.74) is 0. The Kier molecular flexibility index (Phi) is 4.52. The maximum Gasteiger partial charge on any atom is 0.327 e. The number of aliphatic carboxylic acids is 1. The molecule has 0 aromatic heterocycles. The van der Waals surface area contributed by atoms with Gasteiger partial charge in [0.1, 0.15) is 6.04 Å². The number of carbonyl (C=O) groups is 2. The highest BCUT2D eigenvalue weighted by molar-refractivity contribution is 8.00. The number of carbonyl (C=O) groups excluding carboxylic acids is 1. The van der Waals surface area contributed by atoms with Crippen molar-refractivity contribution in [2.45, 2.75) is 31.3 Å². The van der Waals surface area contributed by atoms with Crippen LogP contribution in [0.2, 0.25) is 0 Å². The van der Waals surface area contributed by atoms with Crippen LogP contribution in [-0.2, 0) is 14.6 Å².